The third kappa shape index (κ3) is 2.41. The molecule has 5 rings (SSSR count). The van der Waals surface area contributed by atoms with Crippen molar-refractivity contribution in [2.24, 2.45) is 0 Å². The molecule has 0 N–H and O–H groups in total. The summed E-state index contributed by atoms with van der Waals surface area (Å²) in [5, 5.41) is 14.1. The van der Waals surface area contributed by atoms with Gasteiger partial charge < -0.3 is 0 Å². The second-order valence-corrected chi connectivity index (χ2v) is 6.85. The number of para-hydroxylation sites is 1. The van der Waals surface area contributed by atoms with Crippen molar-refractivity contribution in [3.63, 3.8) is 0 Å². The first kappa shape index (κ1) is 15.0. The number of rotatable bonds is 3. The molecule has 0 radical (unpaired) electrons. The lowest BCUT2D eigenvalue weighted by atomic mass is 10.2. The van der Waals surface area contributed by atoms with E-state index in [9.17, 15) is 0 Å². The quantitative estimate of drug-likeness (QED) is 0.489. The molecule has 126 valence electrons. The van der Waals surface area contributed by atoms with Gasteiger partial charge in [0.05, 0.1) is 23.3 Å². The normalized spacial score (nSPS) is 11.3. The molecule has 3 heterocycles. The smallest absolute Gasteiger partial charge is 0.213 e. The fraction of sp³-hybridized carbons (Fsp3) is 0.0526. The fourth-order valence-corrected chi connectivity index (χ4v) is 3.80. The zero-order chi connectivity index (χ0) is 17.5. The Bertz CT molecular complexity index is 1160. The summed E-state index contributed by atoms with van der Waals surface area (Å²) in [6.07, 6.45) is 1.95. The average Bonchev–Trinajstić information content (AvgIpc) is 3.36. The van der Waals surface area contributed by atoms with Crippen molar-refractivity contribution in [2.75, 3.05) is 0 Å². The highest BCUT2D eigenvalue weighted by Crippen LogP contribution is 2.29. The summed E-state index contributed by atoms with van der Waals surface area (Å²) in [5.74, 6) is 0. The minimum absolute atomic E-state index is 0.783. The van der Waals surface area contributed by atoms with Gasteiger partial charge in [0.15, 0.2) is 5.01 Å². The predicted molar refractivity (Wildman–Crippen MR) is 101 cm³/mol. The van der Waals surface area contributed by atoms with E-state index in [1.54, 1.807) is 0 Å². The van der Waals surface area contributed by atoms with Crippen LogP contribution in [-0.4, -0.2) is 29.6 Å². The monoisotopic (exact) mass is 358 g/mol. The van der Waals surface area contributed by atoms with E-state index in [0.717, 1.165) is 38.3 Å². The molecular formula is C19H14N6S. The molecule has 0 aliphatic heterocycles. The lowest BCUT2D eigenvalue weighted by Gasteiger charge is -2.01. The van der Waals surface area contributed by atoms with Crippen molar-refractivity contribution >= 4 is 16.3 Å². The number of hydrogen-bond donors (Lipinski definition) is 0. The van der Waals surface area contributed by atoms with Crippen molar-refractivity contribution in [1.29, 1.82) is 0 Å². The second kappa shape index (κ2) is 5.89. The van der Waals surface area contributed by atoms with E-state index in [1.807, 2.05) is 83.0 Å². The topological polar surface area (TPSA) is 60.9 Å². The van der Waals surface area contributed by atoms with Crippen molar-refractivity contribution in [3.8, 4) is 27.6 Å². The largest absolute Gasteiger partial charge is 0.217 e. The fourth-order valence-electron chi connectivity index (χ4n) is 2.89. The molecule has 6 nitrogen and oxygen atoms in total. The van der Waals surface area contributed by atoms with Crippen LogP contribution in [0.1, 0.15) is 5.69 Å². The first-order chi connectivity index (χ1) is 12.8. The van der Waals surface area contributed by atoms with Crippen LogP contribution in [0.15, 0.2) is 66.9 Å². The summed E-state index contributed by atoms with van der Waals surface area (Å²) in [5.41, 5.74) is 4.72. The third-order valence-electron chi connectivity index (χ3n) is 4.21. The van der Waals surface area contributed by atoms with Crippen LogP contribution in [0.25, 0.3) is 32.6 Å². The van der Waals surface area contributed by atoms with E-state index in [2.05, 4.69) is 20.4 Å². The standard InChI is InChI=1S/C19H14N6S/c1-13-17(21-23-25(13)15-10-6-3-7-11-15)18-22-24-12-16(20-19(24)26-18)14-8-4-2-5-9-14/h2-12H,1H3. The maximum absolute atomic E-state index is 4.69. The van der Waals surface area contributed by atoms with Gasteiger partial charge in [-0.1, -0.05) is 65.1 Å². The lowest BCUT2D eigenvalue weighted by molar-refractivity contribution is 0.785. The summed E-state index contributed by atoms with van der Waals surface area (Å²) in [4.78, 5) is 5.53. The summed E-state index contributed by atoms with van der Waals surface area (Å²) < 4.78 is 3.64. The van der Waals surface area contributed by atoms with E-state index < -0.39 is 0 Å². The SMILES string of the molecule is Cc1c(-c2nn3cc(-c4ccccc4)nc3s2)nnn1-c1ccccc1. The molecule has 0 saturated carbocycles. The van der Waals surface area contributed by atoms with E-state index in [-0.39, 0.29) is 0 Å². The Morgan fingerprint density at radius 1 is 0.923 bits per heavy atom. The molecule has 0 fully saturated rings. The molecule has 26 heavy (non-hydrogen) atoms. The van der Waals surface area contributed by atoms with Crippen LogP contribution in [-0.2, 0) is 0 Å². The first-order valence-electron chi connectivity index (χ1n) is 8.19. The maximum Gasteiger partial charge on any atom is 0.213 e. The van der Waals surface area contributed by atoms with Gasteiger partial charge in [-0.2, -0.15) is 5.10 Å². The summed E-state index contributed by atoms with van der Waals surface area (Å²) in [6, 6.07) is 20.1. The van der Waals surface area contributed by atoms with E-state index in [1.165, 1.54) is 11.3 Å². The van der Waals surface area contributed by atoms with Gasteiger partial charge in [0.25, 0.3) is 0 Å². The number of nitrogens with zero attached hydrogens (tertiary/aromatic N) is 6. The Hall–Kier alpha value is -3.32. The van der Waals surface area contributed by atoms with Gasteiger partial charge >= 0.3 is 0 Å². The van der Waals surface area contributed by atoms with Gasteiger partial charge in [0.1, 0.15) is 5.69 Å². The number of hydrogen-bond acceptors (Lipinski definition) is 5. The molecule has 2 aromatic carbocycles. The zero-order valence-electron chi connectivity index (χ0n) is 13.9. The van der Waals surface area contributed by atoms with Gasteiger partial charge in [-0.15, -0.1) is 5.10 Å². The van der Waals surface area contributed by atoms with Crippen LogP contribution >= 0.6 is 11.3 Å². The molecular weight excluding hydrogens is 344 g/mol. The Morgan fingerprint density at radius 3 is 2.38 bits per heavy atom. The van der Waals surface area contributed by atoms with Gasteiger partial charge in [0.2, 0.25) is 4.96 Å². The van der Waals surface area contributed by atoms with Crippen molar-refractivity contribution in [2.45, 2.75) is 6.92 Å². The van der Waals surface area contributed by atoms with Crippen LogP contribution in [0, 0.1) is 6.92 Å². The van der Waals surface area contributed by atoms with Crippen LogP contribution in [0.4, 0.5) is 0 Å². The van der Waals surface area contributed by atoms with Gasteiger partial charge in [-0.3, -0.25) is 0 Å². The molecule has 0 unspecified atom stereocenters. The van der Waals surface area contributed by atoms with Gasteiger partial charge in [0, 0.05) is 5.56 Å². The third-order valence-corrected chi connectivity index (χ3v) is 5.14. The first-order valence-corrected chi connectivity index (χ1v) is 9.01. The number of benzene rings is 2. The van der Waals surface area contributed by atoms with Gasteiger partial charge in [-0.05, 0) is 19.1 Å². The van der Waals surface area contributed by atoms with Crippen molar-refractivity contribution in [1.82, 2.24) is 29.6 Å². The molecule has 7 heteroatoms. The van der Waals surface area contributed by atoms with Crippen LogP contribution in [0.3, 0.4) is 0 Å². The second-order valence-electron chi connectivity index (χ2n) is 5.90. The Morgan fingerprint density at radius 2 is 1.65 bits per heavy atom. The van der Waals surface area contributed by atoms with E-state index in [0.29, 0.717) is 0 Å². The molecule has 0 spiro atoms. The Labute approximate surface area is 153 Å². The number of aromatic nitrogens is 6. The average molecular weight is 358 g/mol. The lowest BCUT2D eigenvalue weighted by Crippen LogP contribution is -1.98. The number of imidazole rings is 1. The van der Waals surface area contributed by atoms with Crippen LogP contribution in [0.2, 0.25) is 0 Å². The summed E-state index contributed by atoms with van der Waals surface area (Å²) >= 11 is 1.51. The highest BCUT2D eigenvalue weighted by atomic mass is 32.1. The minimum atomic E-state index is 0.783. The highest BCUT2D eigenvalue weighted by Gasteiger charge is 2.17. The minimum Gasteiger partial charge on any atom is -0.217 e. The van der Waals surface area contributed by atoms with Crippen LogP contribution < -0.4 is 0 Å². The van der Waals surface area contributed by atoms with E-state index >= 15 is 0 Å². The zero-order valence-corrected chi connectivity index (χ0v) is 14.8. The molecule has 3 aromatic heterocycles. The Kier molecular flexibility index (Phi) is 3.39. The highest BCUT2D eigenvalue weighted by molar-refractivity contribution is 7.19. The van der Waals surface area contributed by atoms with Crippen molar-refractivity contribution < 1.29 is 0 Å². The van der Waals surface area contributed by atoms with Gasteiger partial charge in [-0.25, -0.2) is 14.2 Å². The molecule has 0 saturated heterocycles. The maximum atomic E-state index is 4.69. The summed E-state index contributed by atoms with van der Waals surface area (Å²) in [7, 11) is 0. The molecule has 0 bridgehead atoms. The molecule has 5 aromatic rings. The van der Waals surface area contributed by atoms with Crippen LogP contribution in [0.5, 0.6) is 0 Å². The predicted octanol–water partition coefficient (Wildman–Crippen LogP) is 4.01. The Balaban J connectivity index is 1.54. The molecule has 0 aliphatic carbocycles. The van der Waals surface area contributed by atoms with E-state index in [4.69, 9.17) is 0 Å². The molecule has 0 aliphatic rings. The van der Waals surface area contributed by atoms with Crippen molar-refractivity contribution in [3.05, 3.63) is 72.6 Å². The number of fused-ring (bicyclic) bond motifs is 1. The summed E-state index contributed by atoms with van der Waals surface area (Å²) in [6.45, 7) is 2.00. The molecule has 0 amide bonds. The molecule has 0 atom stereocenters.